The lowest BCUT2D eigenvalue weighted by Gasteiger charge is -2.15. The Balaban J connectivity index is 1.98. The van der Waals surface area contributed by atoms with Crippen LogP contribution in [0.25, 0.3) is 0 Å². The fourth-order valence-electron chi connectivity index (χ4n) is 1.96. The highest BCUT2D eigenvalue weighted by molar-refractivity contribution is 5.30. The molecule has 0 bridgehead atoms. The molecule has 6 heteroatoms. The van der Waals surface area contributed by atoms with Crippen LogP contribution < -0.4 is 10.1 Å². The molecular weight excluding hydrogens is 273 g/mol. The van der Waals surface area contributed by atoms with Crippen LogP contribution in [0.2, 0.25) is 0 Å². The third-order valence-corrected chi connectivity index (χ3v) is 3.07. The van der Waals surface area contributed by atoms with E-state index in [0.29, 0.717) is 23.1 Å². The van der Waals surface area contributed by atoms with Gasteiger partial charge in [-0.2, -0.15) is 0 Å². The molecule has 1 N–H and O–H groups in total. The second-order valence-electron chi connectivity index (χ2n) is 4.86. The van der Waals surface area contributed by atoms with Crippen molar-refractivity contribution in [1.29, 1.82) is 0 Å². The molecule has 0 aliphatic rings. The van der Waals surface area contributed by atoms with E-state index in [4.69, 9.17) is 9.15 Å². The van der Waals surface area contributed by atoms with Crippen molar-refractivity contribution in [2.45, 2.75) is 39.8 Å². The van der Waals surface area contributed by atoms with Gasteiger partial charge in [-0.1, -0.05) is 13.0 Å². The normalized spacial score (nSPS) is 12.4. The summed E-state index contributed by atoms with van der Waals surface area (Å²) in [7, 11) is 0. The van der Waals surface area contributed by atoms with Crippen molar-refractivity contribution in [3.8, 4) is 5.75 Å². The fourth-order valence-corrected chi connectivity index (χ4v) is 1.96. The molecule has 21 heavy (non-hydrogen) atoms. The molecule has 1 heterocycles. The molecule has 114 valence electrons. The van der Waals surface area contributed by atoms with Gasteiger partial charge in [-0.3, -0.25) is 0 Å². The molecule has 5 nitrogen and oxygen atoms in total. The second kappa shape index (κ2) is 7.17. The van der Waals surface area contributed by atoms with Gasteiger partial charge in [0.15, 0.2) is 6.61 Å². The van der Waals surface area contributed by atoms with E-state index in [-0.39, 0.29) is 18.5 Å². The van der Waals surface area contributed by atoms with Crippen LogP contribution in [0, 0.1) is 12.7 Å². The zero-order valence-electron chi connectivity index (χ0n) is 12.5. The number of aromatic nitrogens is 2. The van der Waals surface area contributed by atoms with Crippen LogP contribution in [0.15, 0.2) is 22.6 Å². The smallest absolute Gasteiger partial charge is 0.253 e. The van der Waals surface area contributed by atoms with E-state index >= 15 is 0 Å². The van der Waals surface area contributed by atoms with E-state index in [1.54, 1.807) is 19.1 Å². The van der Waals surface area contributed by atoms with Crippen molar-refractivity contribution in [1.82, 2.24) is 15.5 Å². The second-order valence-corrected chi connectivity index (χ2v) is 4.86. The predicted molar refractivity (Wildman–Crippen MR) is 76.5 cm³/mol. The van der Waals surface area contributed by atoms with Crippen LogP contribution in [0.3, 0.4) is 0 Å². The van der Waals surface area contributed by atoms with Crippen LogP contribution >= 0.6 is 0 Å². The van der Waals surface area contributed by atoms with Gasteiger partial charge in [0.25, 0.3) is 5.89 Å². The summed E-state index contributed by atoms with van der Waals surface area (Å²) in [5.41, 5.74) is 0.629. The molecule has 0 amide bonds. The minimum absolute atomic E-state index is 0.0300. The molecule has 2 rings (SSSR count). The maximum atomic E-state index is 14.1. The number of benzene rings is 1. The molecule has 0 aliphatic carbocycles. The lowest BCUT2D eigenvalue weighted by Crippen LogP contribution is -2.20. The summed E-state index contributed by atoms with van der Waals surface area (Å²) >= 11 is 0. The molecule has 0 saturated heterocycles. The monoisotopic (exact) mass is 293 g/mol. The summed E-state index contributed by atoms with van der Waals surface area (Å²) in [6, 6.07) is 4.82. The van der Waals surface area contributed by atoms with Crippen molar-refractivity contribution in [2.75, 3.05) is 6.54 Å². The molecule has 1 aromatic carbocycles. The predicted octanol–water partition coefficient (Wildman–Crippen LogP) is 3.16. The van der Waals surface area contributed by atoms with Crippen LogP contribution in [-0.2, 0) is 6.61 Å². The van der Waals surface area contributed by atoms with Gasteiger partial charge in [-0.15, -0.1) is 10.2 Å². The van der Waals surface area contributed by atoms with Crippen LogP contribution in [0.1, 0.15) is 43.7 Å². The Labute approximate surface area is 123 Å². The zero-order chi connectivity index (χ0) is 15.2. The molecular formula is C15H20FN3O2. The first-order valence-electron chi connectivity index (χ1n) is 7.04. The summed E-state index contributed by atoms with van der Waals surface area (Å²) in [6.07, 6.45) is 1.01. The summed E-state index contributed by atoms with van der Waals surface area (Å²) in [5, 5.41) is 10.8. The van der Waals surface area contributed by atoms with Gasteiger partial charge in [-0.05, 0) is 26.0 Å². The Morgan fingerprint density at radius 2 is 2.19 bits per heavy atom. The van der Waals surface area contributed by atoms with Gasteiger partial charge in [0.2, 0.25) is 5.89 Å². The van der Waals surface area contributed by atoms with E-state index < -0.39 is 0 Å². The quantitative estimate of drug-likeness (QED) is 0.849. The number of hydrogen-bond acceptors (Lipinski definition) is 5. The highest BCUT2D eigenvalue weighted by Gasteiger charge is 2.11. The number of halogens is 1. The summed E-state index contributed by atoms with van der Waals surface area (Å²) < 4.78 is 24.7. The molecule has 0 spiro atoms. The highest BCUT2D eigenvalue weighted by Crippen LogP contribution is 2.22. The molecule has 1 atom stereocenters. The number of nitrogens with one attached hydrogen (secondary N) is 1. The number of aryl methyl sites for hydroxylation is 1. The minimum Gasteiger partial charge on any atom is -0.484 e. The maximum Gasteiger partial charge on any atom is 0.253 e. The Bertz CT molecular complexity index is 586. The van der Waals surface area contributed by atoms with Crippen molar-refractivity contribution < 1.29 is 13.5 Å². The maximum absolute atomic E-state index is 14.1. The van der Waals surface area contributed by atoms with Crippen molar-refractivity contribution in [2.24, 2.45) is 0 Å². The van der Waals surface area contributed by atoms with E-state index in [1.165, 1.54) is 6.07 Å². The molecule has 1 unspecified atom stereocenters. The van der Waals surface area contributed by atoms with Gasteiger partial charge in [-0.25, -0.2) is 4.39 Å². The van der Waals surface area contributed by atoms with E-state index in [2.05, 4.69) is 22.4 Å². The number of rotatable bonds is 7. The number of ether oxygens (including phenoxy) is 1. The SMILES string of the molecule is CCCNC(C)c1ccc(OCc2nnc(C)o2)cc1F. The summed E-state index contributed by atoms with van der Waals surface area (Å²) in [5.74, 6) is 1.00. The Hall–Kier alpha value is -1.95. The minimum atomic E-state index is -0.287. The summed E-state index contributed by atoms with van der Waals surface area (Å²) in [6.45, 7) is 6.70. The standard InChI is InChI=1S/C15H20FN3O2/c1-4-7-17-10(2)13-6-5-12(8-14(13)16)20-9-15-19-18-11(3)21-15/h5-6,8,10,17H,4,7,9H2,1-3H3. The molecule has 0 fully saturated rings. The third kappa shape index (κ3) is 4.26. The summed E-state index contributed by atoms with van der Waals surface area (Å²) in [4.78, 5) is 0. The third-order valence-electron chi connectivity index (χ3n) is 3.07. The van der Waals surface area contributed by atoms with Gasteiger partial charge >= 0.3 is 0 Å². The fraction of sp³-hybridized carbons (Fsp3) is 0.467. The van der Waals surface area contributed by atoms with E-state index in [0.717, 1.165) is 13.0 Å². The van der Waals surface area contributed by atoms with Crippen molar-refractivity contribution >= 4 is 0 Å². The molecule has 1 aromatic heterocycles. The van der Waals surface area contributed by atoms with Gasteiger partial charge in [0.05, 0.1) is 0 Å². The molecule has 2 aromatic rings. The molecule has 0 aliphatic heterocycles. The lowest BCUT2D eigenvalue weighted by molar-refractivity contribution is 0.259. The van der Waals surface area contributed by atoms with Crippen LogP contribution in [0.4, 0.5) is 4.39 Å². The largest absolute Gasteiger partial charge is 0.484 e. The molecule has 0 radical (unpaired) electrons. The first-order valence-corrected chi connectivity index (χ1v) is 7.04. The van der Waals surface area contributed by atoms with E-state index in [1.807, 2.05) is 6.92 Å². The highest BCUT2D eigenvalue weighted by atomic mass is 19.1. The number of hydrogen-bond donors (Lipinski definition) is 1. The van der Waals surface area contributed by atoms with Crippen molar-refractivity contribution in [3.05, 3.63) is 41.4 Å². The topological polar surface area (TPSA) is 60.2 Å². The van der Waals surface area contributed by atoms with E-state index in [9.17, 15) is 4.39 Å². The molecule has 0 saturated carbocycles. The van der Waals surface area contributed by atoms with Gasteiger partial charge in [0.1, 0.15) is 11.6 Å². The lowest BCUT2D eigenvalue weighted by atomic mass is 10.1. The Morgan fingerprint density at radius 3 is 2.81 bits per heavy atom. The number of nitrogens with zero attached hydrogens (tertiary/aromatic N) is 2. The van der Waals surface area contributed by atoms with Crippen LogP contribution in [0.5, 0.6) is 5.75 Å². The average Bonchev–Trinajstić information content (AvgIpc) is 2.88. The van der Waals surface area contributed by atoms with Crippen LogP contribution in [-0.4, -0.2) is 16.7 Å². The first-order chi connectivity index (χ1) is 10.1. The Morgan fingerprint density at radius 1 is 1.38 bits per heavy atom. The first kappa shape index (κ1) is 15.4. The zero-order valence-corrected chi connectivity index (χ0v) is 12.5. The average molecular weight is 293 g/mol. The van der Waals surface area contributed by atoms with Gasteiger partial charge < -0.3 is 14.5 Å². The van der Waals surface area contributed by atoms with Gasteiger partial charge in [0, 0.05) is 24.6 Å². The Kier molecular flexibility index (Phi) is 5.27. The van der Waals surface area contributed by atoms with Crippen molar-refractivity contribution in [3.63, 3.8) is 0 Å².